The maximum atomic E-state index is 10.6. The molecule has 4 heteroatoms. The third-order valence-corrected chi connectivity index (χ3v) is 1.51. The van der Waals surface area contributed by atoms with E-state index >= 15 is 0 Å². The van der Waals surface area contributed by atoms with E-state index in [9.17, 15) is 4.79 Å². The fourth-order valence-corrected chi connectivity index (χ4v) is 0.893. The summed E-state index contributed by atoms with van der Waals surface area (Å²) in [5.41, 5.74) is 0.571. The Labute approximate surface area is 76.1 Å². The lowest BCUT2D eigenvalue weighted by atomic mass is 10.2. The van der Waals surface area contributed by atoms with Crippen LogP contribution >= 0.6 is 0 Å². The van der Waals surface area contributed by atoms with Crippen LogP contribution in [0.25, 0.3) is 0 Å². The van der Waals surface area contributed by atoms with Crippen LogP contribution in [0.1, 0.15) is 30.0 Å². The van der Waals surface area contributed by atoms with Gasteiger partial charge in [-0.25, -0.2) is 4.79 Å². The van der Waals surface area contributed by atoms with Crippen molar-refractivity contribution in [3.05, 3.63) is 23.7 Å². The summed E-state index contributed by atoms with van der Waals surface area (Å²) in [4.78, 5) is 10.6. The molecule has 0 atom stereocenters. The summed E-state index contributed by atoms with van der Waals surface area (Å²) in [5, 5.41) is 8.67. The largest absolute Gasteiger partial charge is 0.475 e. The van der Waals surface area contributed by atoms with Crippen LogP contribution in [0.3, 0.4) is 0 Å². The molecule has 4 nitrogen and oxygen atoms in total. The number of furan rings is 1. The average molecular weight is 184 g/mol. The second kappa shape index (κ2) is 4.09. The Kier molecular flexibility index (Phi) is 3.08. The van der Waals surface area contributed by atoms with Crippen molar-refractivity contribution in [2.75, 3.05) is 0 Å². The van der Waals surface area contributed by atoms with Gasteiger partial charge in [0.1, 0.15) is 0 Å². The highest BCUT2D eigenvalue weighted by atomic mass is 16.5. The molecule has 0 fully saturated rings. The fraction of sp³-hybridized carbons (Fsp3) is 0.444. The Morgan fingerprint density at radius 3 is 2.92 bits per heavy atom. The van der Waals surface area contributed by atoms with E-state index in [-0.39, 0.29) is 18.5 Å². The molecule has 0 aliphatic heterocycles. The number of carbonyl (C=O) groups is 1. The highest BCUT2D eigenvalue weighted by Crippen LogP contribution is 2.12. The summed E-state index contributed by atoms with van der Waals surface area (Å²) in [6.45, 7) is 4.05. The zero-order valence-electron chi connectivity index (χ0n) is 7.61. The van der Waals surface area contributed by atoms with Gasteiger partial charge < -0.3 is 14.3 Å². The van der Waals surface area contributed by atoms with Gasteiger partial charge in [0.05, 0.1) is 19.0 Å². The highest BCUT2D eigenvalue weighted by molar-refractivity contribution is 5.85. The minimum absolute atomic E-state index is 0.0411. The molecule has 13 heavy (non-hydrogen) atoms. The van der Waals surface area contributed by atoms with Crippen molar-refractivity contribution in [2.45, 2.75) is 26.6 Å². The molecule has 0 radical (unpaired) electrons. The maximum absolute atomic E-state index is 10.6. The lowest BCUT2D eigenvalue weighted by Crippen LogP contribution is -2.05. The number of carboxylic acids is 1. The van der Waals surface area contributed by atoms with Gasteiger partial charge in [0.25, 0.3) is 0 Å². The van der Waals surface area contributed by atoms with Gasteiger partial charge in [-0.3, -0.25) is 0 Å². The van der Waals surface area contributed by atoms with Crippen LogP contribution in [0.5, 0.6) is 0 Å². The summed E-state index contributed by atoms with van der Waals surface area (Å²) in [6.07, 6.45) is 1.43. The lowest BCUT2D eigenvalue weighted by molar-refractivity contribution is 0.0580. The monoisotopic (exact) mass is 184 g/mol. The zero-order valence-corrected chi connectivity index (χ0v) is 7.61. The first kappa shape index (κ1) is 9.80. The van der Waals surface area contributed by atoms with E-state index in [2.05, 4.69) is 0 Å². The minimum Gasteiger partial charge on any atom is -0.475 e. The van der Waals surface area contributed by atoms with Crippen molar-refractivity contribution >= 4 is 5.97 Å². The van der Waals surface area contributed by atoms with Gasteiger partial charge in [0.15, 0.2) is 0 Å². The van der Waals surface area contributed by atoms with Gasteiger partial charge in [0, 0.05) is 5.56 Å². The number of carboxylic acid groups (broad SMARTS) is 1. The van der Waals surface area contributed by atoms with E-state index in [0.29, 0.717) is 5.56 Å². The highest BCUT2D eigenvalue weighted by Gasteiger charge is 2.13. The first-order valence-electron chi connectivity index (χ1n) is 4.02. The fourth-order valence-electron chi connectivity index (χ4n) is 0.893. The predicted octanol–water partition coefficient (Wildman–Crippen LogP) is 1.90. The number of rotatable bonds is 4. The number of hydrogen-bond acceptors (Lipinski definition) is 3. The molecule has 0 unspecified atom stereocenters. The van der Waals surface area contributed by atoms with Crippen molar-refractivity contribution in [2.24, 2.45) is 0 Å². The lowest BCUT2D eigenvalue weighted by Gasteiger charge is -2.05. The average Bonchev–Trinajstić information content (AvgIpc) is 2.47. The Bertz CT molecular complexity index is 288. The summed E-state index contributed by atoms with van der Waals surface area (Å²) in [5.74, 6) is -1.10. The van der Waals surface area contributed by atoms with E-state index in [1.165, 1.54) is 6.26 Å². The quantitative estimate of drug-likeness (QED) is 0.776. The molecule has 0 aliphatic rings. The van der Waals surface area contributed by atoms with E-state index in [4.69, 9.17) is 14.3 Å². The molecular formula is C9H12O4. The number of hydrogen-bond donors (Lipinski definition) is 1. The van der Waals surface area contributed by atoms with Gasteiger partial charge in [0.2, 0.25) is 5.76 Å². The summed E-state index contributed by atoms with van der Waals surface area (Å²) < 4.78 is 10.0. The number of aromatic carboxylic acids is 1. The first-order chi connectivity index (χ1) is 6.11. The Hall–Kier alpha value is -1.29. The van der Waals surface area contributed by atoms with Crippen LogP contribution in [0.15, 0.2) is 16.7 Å². The smallest absolute Gasteiger partial charge is 0.372 e. The van der Waals surface area contributed by atoms with E-state index in [1.807, 2.05) is 13.8 Å². The van der Waals surface area contributed by atoms with Crippen LogP contribution in [0, 0.1) is 0 Å². The van der Waals surface area contributed by atoms with E-state index < -0.39 is 5.97 Å². The molecule has 0 saturated heterocycles. The van der Waals surface area contributed by atoms with E-state index in [1.54, 1.807) is 6.07 Å². The SMILES string of the molecule is CC(C)OCc1ccoc1C(=O)O. The third-order valence-electron chi connectivity index (χ3n) is 1.51. The zero-order chi connectivity index (χ0) is 9.84. The standard InChI is InChI=1S/C9H12O4/c1-6(2)13-5-7-3-4-12-8(7)9(10)11/h3-4,6H,5H2,1-2H3,(H,10,11). The van der Waals surface area contributed by atoms with Crippen LogP contribution in [-0.2, 0) is 11.3 Å². The summed E-state index contributed by atoms with van der Waals surface area (Å²) in [6, 6.07) is 1.60. The molecule has 1 rings (SSSR count). The molecule has 0 aromatic carbocycles. The first-order valence-corrected chi connectivity index (χ1v) is 4.02. The van der Waals surface area contributed by atoms with Crippen molar-refractivity contribution in [3.8, 4) is 0 Å². The van der Waals surface area contributed by atoms with Gasteiger partial charge >= 0.3 is 5.97 Å². The van der Waals surface area contributed by atoms with Gasteiger partial charge in [-0.15, -0.1) is 0 Å². The molecule has 0 saturated carbocycles. The predicted molar refractivity (Wildman–Crippen MR) is 45.6 cm³/mol. The Morgan fingerprint density at radius 2 is 2.38 bits per heavy atom. The molecule has 1 heterocycles. The number of ether oxygens (including phenoxy) is 1. The molecule has 1 aromatic rings. The summed E-state index contributed by atoms with van der Waals surface area (Å²) in [7, 11) is 0. The molecule has 72 valence electrons. The molecule has 1 N–H and O–H groups in total. The van der Waals surface area contributed by atoms with Crippen LogP contribution in [0.4, 0.5) is 0 Å². The van der Waals surface area contributed by atoms with Crippen molar-refractivity contribution in [3.63, 3.8) is 0 Å². The van der Waals surface area contributed by atoms with E-state index in [0.717, 1.165) is 0 Å². The van der Waals surface area contributed by atoms with Crippen LogP contribution in [-0.4, -0.2) is 17.2 Å². The molecule has 1 aromatic heterocycles. The normalized spacial score (nSPS) is 10.7. The second-order valence-electron chi connectivity index (χ2n) is 2.94. The second-order valence-corrected chi connectivity index (χ2v) is 2.94. The van der Waals surface area contributed by atoms with Gasteiger partial charge in [-0.1, -0.05) is 0 Å². The molecule has 0 bridgehead atoms. The van der Waals surface area contributed by atoms with Gasteiger partial charge in [-0.05, 0) is 19.9 Å². The molecular weight excluding hydrogens is 172 g/mol. The topological polar surface area (TPSA) is 59.7 Å². The molecule has 0 amide bonds. The van der Waals surface area contributed by atoms with Crippen molar-refractivity contribution < 1.29 is 19.1 Å². The molecule has 0 aliphatic carbocycles. The Balaban J connectivity index is 2.65. The Morgan fingerprint density at radius 1 is 1.69 bits per heavy atom. The van der Waals surface area contributed by atoms with Crippen LogP contribution < -0.4 is 0 Å². The van der Waals surface area contributed by atoms with Crippen LogP contribution in [0.2, 0.25) is 0 Å². The van der Waals surface area contributed by atoms with Gasteiger partial charge in [-0.2, -0.15) is 0 Å². The third kappa shape index (κ3) is 2.59. The van der Waals surface area contributed by atoms with Crippen molar-refractivity contribution in [1.82, 2.24) is 0 Å². The maximum Gasteiger partial charge on any atom is 0.372 e. The minimum atomic E-state index is -1.06. The van der Waals surface area contributed by atoms with Crippen molar-refractivity contribution in [1.29, 1.82) is 0 Å². The molecule has 0 spiro atoms. The summed E-state index contributed by atoms with van der Waals surface area (Å²) >= 11 is 0.